The Kier molecular flexibility index (Phi) is 4.95. The van der Waals surface area contributed by atoms with Crippen molar-refractivity contribution < 1.29 is 4.79 Å². The van der Waals surface area contributed by atoms with Crippen LogP contribution in [-0.4, -0.2) is 32.9 Å². The fourth-order valence-corrected chi connectivity index (χ4v) is 3.31. The quantitative estimate of drug-likeness (QED) is 0.477. The van der Waals surface area contributed by atoms with Crippen LogP contribution in [0.1, 0.15) is 35.8 Å². The van der Waals surface area contributed by atoms with Gasteiger partial charge in [0.25, 0.3) is 5.91 Å². The Morgan fingerprint density at radius 1 is 1.10 bits per heavy atom. The molecule has 4 rings (SSSR count). The van der Waals surface area contributed by atoms with Crippen molar-refractivity contribution in [1.82, 2.24) is 25.3 Å². The van der Waals surface area contributed by atoms with Crippen LogP contribution >= 0.6 is 0 Å². The zero-order valence-electron chi connectivity index (χ0n) is 16.5. The van der Waals surface area contributed by atoms with E-state index in [1.54, 1.807) is 25.4 Å². The summed E-state index contributed by atoms with van der Waals surface area (Å²) in [4.78, 5) is 28.7. The molecule has 3 N–H and O–H groups in total. The van der Waals surface area contributed by atoms with Crippen LogP contribution in [0.25, 0.3) is 22.2 Å². The van der Waals surface area contributed by atoms with Gasteiger partial charge in [0, 0.05) is 47.8 Å². The molecule has 3 aromatic heterocycles. The minimum Gasteiger partial charge on any atom is -0.359 e. The number of hydrogen-bond donors (Lipinski definition) is 3. The third-order valence-corrected chi connectivity index (χ3v) is 4.72. The molecule has 1 amide bonds. The summed E-state index contributed by atoms with van der Waals surface area (Å²) in [6.45, 7) is 4.25. The Morgan fingerprint density at radius 2 is 1.93 bits per heavy atom. The number of nitrogens with one attached hydrogen (secondary N) is 3. The lowest BCUT2D eigenvalue weighted by molar-refractivity contribution is 0.0963. The average Bonchev–Trinajstić information content (AvgIpc) is 3.17. The molecule has 0 aliphatic carbocycles. The molecule has 7 heteroatoms. The molecule has 4 aromatic rings. The van der Waals surface area contributed by atoms with Crippen molar-refractivity contribution in [2.45, 2.75) is 19.8 Å². The highest BCUT2D eigenvalue weighted by Crippen LogP contribution is 2.31. The van der Waals surface area contributed by atoms with Crippen molar-refractivity contribution in [3.05, 3.63) is 66.2 Å². The van der Waals surface area contributed by atoms with Crippen LogP contribution in [0.4, 0.5) is 11.6 Å². The molecule has 0 spiro atoms. The van der Waals surface area contributed by atoms with Gasteiger partial charge in [-0.2, -0.15) is 0 Å². The average molecular weight is 386 g/mol. The number of amides is 1. The summed E-state index contributed by atoms with van der Waals surface area (Å²) in [6.07, 6.45) is 5.51. The van der Waals surface area contributed by atoms with Crippen molar-refractivity contribution in [2.75, 3.05) is 12.4 Å². The van der Waals surface area contributed by atoms with Crippen LogP contribution in [0.2, 0.25) is 0 Å². The Labute approximate surface area is 168 Å². The van der Waals surface area contributed by atoms with Crippen LogP contribution in [0.5, 0.6) is 0 Å². The topological polar surface area (TPSA) is 95.6 Å². The van der Waals surface area contributed by atoms with Gasteiger partial charge in [0.15, 0.2) is 0 Å². The summed E-state index contributed by atoms with van der Waals surface area (Å²) in [6, 6.07) is 11.1. The first-order valence-corrected chi connectivity index (χ1v) is 9.45. The maximum atomic E-state index is 11.8. The number of carbonyl (C=O) groups excluding carboxylic acids is 1. The highest BCUT2D eigenvalue weighted by atomic mass is 16.1. The summed E-state index contributed by atoms with van der Waals surface area (Å²) in [7, 11) is 1.61. The van der Waals surface area contributed by atoms with E-state index in [0.717, 1.165) is 33.5 Å². The monoisotopic (exact) mass is 386 g/mol. The molecular formula is C22H22N6O. The molecule has 0 saturated carbocycles. The van der Waals surface area contributed by atoms with E-state index >= 15 is 0 Å². The highest BCUT2D eigenvalue weighted by Gasteiger charge is 2.14. The molecule has 0 saturated heterocycles. The number of carbonyl (C=O) groups is 1. The van der Waals surface area contributed by atoms with Crippen LogP contribution < -0.4 is 10.6 Å². The second-order valence-electron chi connectivity index (χ2n) is 7.03. The second-order valence-corrected chi connectivity index (χ2v) is 7.03. The SMILES string of the molecule is CNC(=O)c1cccc(Nc2nccc(-c3c[nH]c4c(C(C)C)nccc34)n2)c1. The number of fused-ring (bicyclic) bond motifs is 1. The second kappa shape index (κ2) is 7.71. The molecule has 0 aliphatic heterocycles. The molecule has 0 unspecified atom stereocenters. The van der Waals surface area contributed by atoms with Crippen LogP contribution in [-0.2, 0) is 0 Å². The Bertz CT molecular complexity index is 1180. The number of anilines is 2. The number of aromatic nitrogens is 4. The number of rotatable bonds is 5. The first-order valence-electron chi connectivity index (χ1n) is 9.45. The fraction of sp³-hybridized carbons (Fsp3) is 0.182. The molecule has 0 fully saturated rings. The highest BCUT2D eigenvalue weighted by molar-refractivity contribution is 5.96. The van der Waals surface area contributed by atoms with E-state index in [9.17, 15) is 4.79 Å². The van der Waals surface area contributed by atoms with Gasteiger partial charge in [-0.05, 0) is 36.2 Å². The predicted octanol–water partition coefficient (Wildman–Crippen LogP) is 4.25. The van der Waals surface area contributed by atoms with Crippen LogP contribution in [0, 0.1) is 0 Å². The molecular weight excluding hydrogens is 364 g/mol. The Balaban J connectivity index is 1.68. The van der Waals surface area contributed by atoms with Crippen LogP contribution in [0.15, 0.2) is 55.0 Å². The zero-order valence-corrected chi connectivity index (χ0v) is 16.5. The lowest BCUT2D eigenvalue weighted by Crippen LogP contribution is -2.17. The van der Waals surface area contributed by atoms with Gasteiger partial charge < -0.3 is 15.6 Å². The van der Waals surface area contributed by atoms with E-state index in [1.165, 1.54) is 0 Å². The first kappa shape index (κ1) is 18.6. The lowest BCUT2D eigenvalue weighted by Gasteiger charge is -2.08. The molecule has 0 bridgehead atoms. The van der Waals surface area contributed by atoms with Gasteiger partial charge in [-0.15, -0.1) is 0 Å². The summed E-state index contributed by atoms with van der Waals surface area (Å²) < 4.78 is 0. The summed E-state index contributed by atoms with van der Waals surface area (Å²) in [5.74, 6) is 0.640. The maximum Gasteiger partial charge on any atom is 0.251 e. The van der Waals surface area contributed by atoms with Gasteiger partial charge in [0.1, 0.15) is 0 Å². The van der Waals surface area contributed by atoms with Gasteiger partial charge in [0.05, 0.1) is 16.9 Å². The molecule has 146 valence electrons. The molecule has 3 heterocycles. The number of aromatic amines is 1. The van der Waals surface area contributed by atoms with E-state index in [1.807, 2.05) is 36.7 Å². The van der Waals surface area contributed by atoms with Gasteiger partial charge >= 0.3 is 0 Å². The molecule has 1 aromatic carbocycles. The van der Waals surface area contributed by atoms with Gasteiger partial charge in [-0.25, -0.2) is 9.97 Å². The first-order chi connectivity index (χ1) is 14.1. The summed E-state index contributed by atoms with van der Waals surface area (Å²) in [5.41, 5.74) is 5.18. The van der Waals surface area contributed by atoms with Crippen molar-refractivity contribution in [3.63, 3.8) is 0 Å². The molecule has 0 radical (unpaired) electrons. The standard InChI is InChI=1S/C22H22N6O/c1-13(2)19-20-16(7-9-24-19)17(12-26-20)18-8-10-25-22(28-18)27-15-6-4-5-14(11-15)21(29)23-3/h4-13,26H,1-3H3,(H,23,29)(H,25,27,28). The van der Waals surface area contributed by atoms with Crippen molar-refractivity contribution in [3.8, 4) is 11.3 Å². The smallest absolute Gasteiger partial charge is 0.251 e. The predicted molar refractivity (Wildman–Crippen MR) is 114 cm³/mol. The van der Waals surface area contributed by atoms with Gasteiger partial charge in [-0.3, -0.25) is 9.78 Å². The minimum absolute atomic E-state index is 0.142. The van der Waals surface area contributed by atoms with E-state index in [2.05, 4.69) is 44.4 Å². The van der Waals surface area contributed by atoms with Crippen molar-refractivity contribution in [1.29, 1.82) is 0 Å². The number of hydrogen-bond acceptors (Lipinski definition) is 5. The number of nitrogens with zero attached hydrogens (tertiary/aromatic N) is 3. The molecule has 7 nitrogen and oxygen atoms in total. The van der Waals surface area contributed by atoms with E-state index in [4.69, 9.17) is 0 Å². The van der Waals surface area contributed by atoms with E-state index in [-0.39, 0.29) is 5.91 Å². The number of benzene rings is 1. The summed E-state index contributed by atoms with van der Waals surface area (Å²) in [5, 5.41) is 6.88. The molecule has 0 aliphatic rings. The van der Waals surface area contributed by atoms with Gasteiger partial charge in [-0.1, -0.05) is 19.9 Å². The fourth-order valence-electron chi connectivity index (χ4n) is 3.31. The maximum absolute atomic E-state index is 11.8. The zero-order chi connectivity index (χ0) is 20.4. The van der Waals surface area contributed by atoms with E-state index < -0.39 is 0 Å². The van der Waals surface area contributed by atoms with Gasteiger partial charge in [0.2, 0.25) is 5.95 Å². The Hall–Kier alpha value is -3.74. The number of H-pyrrole nitrogens is 1. The minimum atomic E-state index is -0.142. The number of pyridine rings is 1. The van der Waals surface area contributed by atoms with Crippen molar-refractivity contribution >= 4 is 28.4 Å². The molecule has 29 heavy (non-hydrogen) atoms. The lowest BCUT2D eigenvalue weighted by atomic mass is 10.1. The Morgan fingerprint density at radius 3 is 2.72 bits per heavy atom. The third-order valence-electron chi connectivity index (χ3n) is 4.72. The van der Waals surface area contributed by atoms with Crippen molar-refractivity contribution in [2.24, 2.45) is 0 Å². The third kappa shape index (κ3) is 3.67. The van der Waals surface area contributed by atoms with Crippen LogP contribution in [0.3, 0.4) is 0 Å². The van der Waals surface area contributed by atoms with E-state index in [0.29, 0.717) is 17.4 Å². The summed E-state index contributed by atoms with van der Waals surface area (Å²) >= 11 is 0. The largest absolute Gasteiger partial charge is 0.359 e. The molecule has 0 atom stereocenters. The normalized spacial score (nSPS) is 11.0.